The standard InChI is InChI=1S/C13H25NO3/c1-13(2,3)17-12(15)5-8-14-7-4-11-6-9-16-10-11/h11,14H,4-10H2,1-3H3. The van der Waals surface area contributed by atoms with E-state index >= 15 is 0 Å². The number of carbonyl (C=O) groups is 1. The van der Waals surface area contributed by atoms with Crippen molar-refractivity contribution in [1.29, 1.82) is 0 Å². The van der Waals surface area contributed by atoms with Gasteiger partial charge >= 0.3 is 5.97 Å². The van der Waals surface area contributed by atoms with Crippen molar-refractivity contribution in [2.24, 2.45) is 5.92 Å². The summed E-state index contributed by atoms with van der Waals surface area (Å²) in [5.74, 6) is 0.568. The molecule has 0 aromatic rings. The van der Waals surface area contributed by atoms with Crippen LogP contribution < -0.4 is 5.32 Å². The van der Waals surface area contributed by atoms with Gasteiger partial charge in [-0.1, -0.05) is 0 Å². The van der Waals surface area contributed by atoms with Gasteiger partial charge in [-0.2, -0.15) is 0 Å². The highest BCUT2D eigenvalue weighted by Crippen LogP contribution is 2.15. The molecule has 0 aliphatic carbocycles. The van der Waals surface area contributed by atoms with E-state index in [1.807, 2.05) is 20.8 Å². The van der Waals surface area contributed by atoms with E-state index in [0.717, 1.165) is 26.2 Å². The van der Waals surface area contributed by atoms with Gasteiger partial charge in [-0.05, 0) is 46.1 Å². The van der Waals surface area contributed by atoms with Crippen LogP contribution in [0.25, 0.3) is 0 Å². The van der Waals surface area contributed by atoms with Gasteiger partial charge in [-0.15, -0.1) is 0 Å². The average molecular weight is 243 g/mol. The summed E-state index contributed by atoms with van der Waals surface area (Å²) < 4.78 is 10.5. The highest BCUT2D eigenvalue weighted by molar-refractivity contribution is 5.70. The molecule has 1 atom stereocenters. The summed E-state index contributed by atoms with van der Waals surface area (Å²) in [5, 5.41) is 3.27. The zero-order chi connectivity index (χ0) is 12.7. The second kappa shape index (κ2) is 6.97. The molecule has 0 spiro atoms. The normalized spacial score (nSPS) is 20.5. The quantitative estimate of drug-likeness (QED) is 0.570. The van der Waals surface area contributed by atoms with E-state index in [0.29, 0.717) is 18.9 Å². The second-order valence-electron chi connectivity index (χ2n) is 5.60. The fraction of sp³-hybridized carbons (Fsp3) is 0.923. The first-order valence-electron chi connectivity index (χ1n) is 6.48. The van der Waals surface area contributed by atoms with E-state index in [1.165, 1.54) is 6.42 Å². The Bertz CT molecular complexity index is 229. The van der Waals surface area contributed by atoms with Gasteiger partial charge in [-0.25, -0.2) is 0 Å². The van der Waals surface area contributed by atoms with Gasteiger partial charge < -0.3 is 14.8 Å². The summed E-state index contributed by atoms with van der Waals surface area (Å²) in [6.07, 6.45) is 2.75. The third-order valence-corrected chi connectivity index (χ3v) is 2.68. The summed E-state index contributed by atoms with van der Waals surface area (Å²) in [5.41, 5.74) is -0.377. The number of ether oxygens (including phenoxy) is 2. The lowest BCUT2D eigenvalue weighted by Gasteiger charge is -2.19. The van der Waals surface area contributed by atoms with Gasteiger partial charge in [-0.3, -0.25) is 4.79 Å². The molecular weight excluding hydrogens is 218 g/mol. The molecular formula is C13H25NO3. The van der Waals surface area contributed by atoms with Gasteiger partial charge in [0.2, 0.25) is 0 Å². The molecule has 0 aromatic heterocycles. The van der Waals surface area contributed by atoms with Crippen LogP contribution in [-0.4, -0.2) is 37.9 Å². The molecule has 1 heterocycles. The SMILES string of the molecule is CC(C)(C)OC(=O)CCNCCC1CCOC1. The Morgan fingerprint density at radius 1 is 1.41 bits per heavy atom. The van der Waals surface area contributed by atoms with E-state index in [4.69, 9.17) is 9.47 Å². The Morgan fingerprint density at radius 2 is 2.18 bits per heavy atom. The second-order valence-corrected chi connectivity index (χ2v) is 5.60. The molecule has 0 bridgehead atoms. The minimum Gasteiger partial charge on any atom is -0.460 e. The van der Waals surface area contributed by atoms with Crippen LogP contribution in [0.5, 0.6) is 0 Å². The summed E-state index contributed by atoms with van der Waals surface area (Å²) in [7, 11) is 0. The van der Waals surface area contributed by atoms with Crippen molar-refractivity contribution in [3.05, 3.63) is 0 Å². The Labute approximate surface area is 104 Å². The van der Waals surface area contributed by atoms with Crippen LogP contribution in [-0.2, 0) is 14.3 Å². The van der Waals surface area contributed by atoms with Crippen molar-refractivity contribution in [2.45, 2.75) is 45.6 Å². The molecule has 0 aromatic carbocycles. The van der Waals surface area contributed by atoms with Gasteiger partial charge in [0.15, 0.2) is 0 Å². The molecule has 0 amide bonds. The molecule has 1 N–H and O–H groups in total. The molecule has 100 valence electrons. The van der Waals surface area contributed by atoms with E-state index < -0.39 is 0 Å². The van der Waals surface area contributed by atoms with Crippen molar-refractivity contribution in [1.82, 2.24) is 5.32 Å². The number of hydrogen-bond acceptors (Lipinski definition) is 4. The lowest BCUT2D eigenvalue weighted by atomic mass is 10.1. The average Bonchev–Trinajstić information content (AvgIpc) is 2.67. The third kappa shape index (κ3) is 7.34. The smallest absolute Gasteiger partial charge is 0.307 e. The maximum Gasteiger partial charge on any atom is 0.307 e. The zero-order valence-corrected chi connectivity index (χ0v) is 11.3. The molecule has 1 rings (SSSR count). The maximum atomic E-state index is 11.4. The Morgan fingerprint density at radius 3 is 2.76 bits per heavy atom. The van der Waals surface area contributed by atoms with Crippen LogP contribution in [0.3, 0.4) is 0 Å². The van der Waals surface area contributed by atoms with Crippen molar-refractivity contribution in [2.75, 3.05) is 26.3 Å². The van der Waals surface area contributed by atoms with Gasteiger partial charge in [0.25, 0.3) is 0 Å². The van der Waals surface area contributed by atoms with Gasteiger partial charge in [0.05, 0.1) is 6.42 Å². The highest BCUT2D eigenvalue weighted by atomic mass is 16.6. The molecule has 4 nitrogen and oxygen atoms in total. The minimum absolute atomic E-state index is 0.130. The first-order chi connectivity index (χ1) is 7.97. The van der Waals surface area contributed by atoms with Crippen LogP contribution in [0.1, 0.15) is 40.0 Å². The van der Waals surface area contributed by atoms with Crippen molar-refractivity contribution in [3.8, 4) is 0 Å². The lowest BCUT2D eigenvalue weighted by Crippen LogP contribution is -2.27. The van der Waals surface area contributed by atoms with Crippen molar-refractivity contribution >= 4 is 5.97 Å². The Balaban J connectivity index is 1.94. The van der Waals surface area contributed by atoms with Gasteiger partial charge in [0.1, 0.15) is 5.60 Å². The van der Waals surface area contributed by atoms with E-state index in [2.05, 4.69) is 5.32 Å². The topological polar surface area (TPSA) is 47.6 Å². The number of esters is 1. The summed E-state index contributed by atoms with van der Waals surface area (Å²) in [6.45, 7) is 9.12. The summed E-state index contributed by atoms with van der Waals surface area (Å²) >= 11 is 0. The van der Waals surface area contributed by atoms with Crippen molar-refractivity contribution < 1.29 is 14.3 Å². The molecule has 1 saturated heterocycles. The lowest BCUT2D eigenvalue weighted by molar-refractivity contribution is -0.154. The van der Waals surface area contributed by atoms with Crippen LogP contribution in [0.15, 0.2) is 0 Å². The maximum absolute atomic E-state index is 11.4. The third-order valence-electron chi connectivity index (χ3n) is 2.68. The Kier molecular flexibility index (Phi) is 5.92. The van der Waals surface area contributed by atoms with E-state index in [9.17, 15) is 4.79 Å². The number of carbonyl (C=O) groups excluding carboxylic acids is 1. The molecule has 4 heteroatoms. The van der Waals surface area contributed by atoms with Crippen LogP contribution in [0.2, 0.25) is 0 Å². The number of rotatable bonds is 6. The monoisotopic (exact) mass is 243 g/mol. The van der Waals surface area contributed by atoms with Crippen LogP contribution >= 0.6 is 0 Å². The van der Waals surface area contributed by atoms with E-state index in [1.54, 1.807) is 0 Å². The first kappa shape index (κ1) is 14.5. The number of hydrogen-bond donors (Lipinski definition) is 1. The molecule has 1 unspecified atom stereocenters. The zero-order valence-electron chi connectivity index (χ0n) is 11.3. The van der Waals surface area contributed by atoms with Crippen LogP contribution in [0.4, 0.5) is 0 Å². The van der Waals surface area contributed by atoms with E-state index in [-0.39, 0.29) is 11.6 Å². The van der Waals surface area contributed by atoms with Gasteiger partial charge in [0, 0.05) is 19.8 Å². The Hall–Kier alpha value is -0.610. The predicted molar refractivity (Wildman–Crippen MR) is 66.9 cm³/mol. The highest BCUT2D eigenvalue weighted by Gasteiger charge is 2.16. The minimum atomic E-state index is -0.377. The van der Waals surface area contributed by atoms with Crippen LogP contribution in [0, 0.1) is 5.92 Å². The first-order valence-corrected chi connectivity index (χ1v) is 6.48. The molecule has 17 heavy (non-hydrogen) atoms. The predicted octanol–water partition coefficient (Wildman–Crippen LogP) is 1.73. The molecule has 0 radical (unpaired) electrons. The fourth-order valence-corrected chi connectivity index (χ4v) is 1.83. The number of nitrogens with one attached hydrogen (secondary N) is 1. The fourth-order valence-electron chi connectivity index (χ4n) is 1.83. The summed E-state index contributed by atoms with van der Waals surface area (Å²) in [4.78, 5) is 11.4. The molecule has 0 saturated carbocycles. The van der Waals surface area contributed by atoms with Crippen molar-refractivity contribution in [3.63, 3.8) is 0 Å². The molecule has 1 aliphatic rings. The largest absolute Gasteiger partial charge is 0.460 e. The summed E-state index contributed by atoms with van der Waals surface area (Å²) in [6, 6.07) is 0. The molecule has 1 aliphatic heterocycles. The molecule has 1 fully saturated rings.